The van der Waals surface area contributed by atoms with Crippen LogP contribution < -0.4 is 17.3 Å². The minimum atomic E-state index is 0.471. The van der Waals surface area contributed by atoms with E-state index in [0.717, 1.165) is 12.2 Å². The third-order valence-electron chi connectivity index (χ3n) is 3.63. The molecule has 0 spiro atoms. The van der Waals surface area contributed by atoms with Crippen molar-refractivity contribution < 1.29 is 0 Å². The van der Waals surface area contributed by atoms with Gasteiger partial charge in [-0.2, -0.15) is 5.10 Å². The van der Waals surface area contributed by atoms with Gasteiger partial charge in [0.15, 0.2) is 10.3 Å². The number of nitrogens with two attached hydrogens (primary N) is 3. The number of hydrazone groups is 1. The Morgan fingerprint density at radius 1 is 1.29 bits per heavy atom. The Balaban J connectivity index is 2.61. The molecule has 21 heavy (non-hydrogen) atoms. The second-order valence-electron chi connectivity index (χ2n) is 5.19. The summed E-state index contributed by atoms with van der Waals surface area (Å²) in [6.45, 7) is 2.16. The topological polar surface area (TPSA) is 103 Å². The molecule has 0 radical (unpaired) electrons. The van der Waals surface area contributed by atoms with E-state index >= 15 is 0 Å². The van der Waals surface area contributed by atoms with Gasteiger partial charge in [-0.3, -0.25) is 4.99 Å². The summed E-state index contributed by atoms with van der Waals surface area (Å²) in [6.07, 6.45) is 8.24. The predicted octanol–water partition coefficient (Wildman–Crippen LogP) is 2.69. The van der Waals surface area contributed by atoms with Crippen LogP contribution in [0.4, 0.5) is 0 Å². The summed E-state index contributed by atoms with van der Waals surface area (Å²) >= 11 is 3.18. The van der Waals surface area contributed by atoms with Gasteiger partial charge < -0.3 is 17.3 Å². The van der Waals surface area contributed by atoms with Gasteiger partial charge in [0.25, 0.3) is 0 Å². The number of thioether (sulfide) groups is 2. The minimum Gasteiger partial charge on any atom is -0.378 e. The smallest absolute Gasteiger partial charge is 0.177 e. The molecule has 0 aliphatic heterocycles. The highest BCUT2D eigenvalue weighted by molar-refractivity contribution is 8.17. The van der Waals surface area contributed by atoms with Crippen LogP contribution >= 0.6 is 23.5 Å². The number of allylic oxidation sites excluding steroid dienone is 2. The number of amidine groups is 2. The summed E-state index contributed by atoms with van der Waals surface area (Å²) < 4.78 is 0. The summed E-state index contributed by atoms with van der Waals surface area (Å²) in [5.74, 6) is 7.42. The molecular formula is C14H27N5S2. The normalized spacial score (nSPS) is 25.1. The van der Waals surface area contributed by atoms with E-state index in [1.807, 2.05) is 0 Å². The van der Waals surface area contributed by atoms with Crippen LogP contribution in [0.3, 0.4) is 0 Å². The molecule has 1 saturated carbocycles. The Kier molecular flexibility index (Phi) is 8.68. The quantitative estimate of drug-likeness (QED) is 0.311. The molecule has 5 nitrogen and oxygen atoms in total. The van der Waals surface area contributed by atoms with Crippen molar-refractivity contribution in [2.45, 2.75) is 39.0 Å². The summed E-state index contributed by atoms with van der Waals surface area (Å²) in [5, 5.41) is 4.63. The highest BCUT2D eigenvalue weighted by Crippen LogP contribution is 2.39. The number of hydrogen-bond acceptors (Lipinski definition) is 5. The first-order valence-corrected chi connectivity index (χ1v) is 9.17. The van der Waals surface area contributed by atoms with E-state index in [-0.39, 0.29) is 0 Å². The van der Waals surface area contributed by atoms with E-state index in [2.05, 4.69) is 23.1 Å². The van der Waals surface area contributed by atoms with Crippen LogP contribution in [0.15, 0.2) is 21.1 Å². The van der Waals surface area contributed by atoms with Crippen LogP contribution in [0, 0.1) is 11.8 Å². The van der Waals surface area contributed by atoms with Crippen molar-refractivity contribution in [2.24, 2.45) is 39.2 Å². The van der Waals surface area contributed by atoms with Gasteiger partial charge in [0.1, 0.15) is 0 Å². The van der Waals surface area contributed by atoms with E-state index < -0.39 is 0 Å². The molecule has 0 aromatic rings. The average molecular weight is 330 g/mol. The van der Waals surface area contributed by atoms with Gasteiger partial charge in [-0.15, -0.1) is 0 Å². The number of aliphatic imine (C=N–C) groups is 1. The van der Waals surface area contributed by atoms with Crippen molar-refractivity contribution in [3.63, 3.8) is 0 Å². The van der Waals surface area contributed by atoms with Gasteiger partial charge in [0, 0.05) is 12.8 Å². The fourth-order valence-electron chi connectivity index (χ4n) is 2.60. The van der Waals surface area contributed by atoms with Crippen LogP contribution in [-0.4, -0.2) is 23.1 Å². The summed E-state index contributed by atoms with van der Waals surface area (Å²) in [5.41, 5.74) is 11.5. The summed E-state index contributed by atoms with van der Waals surface area (Å²) in [7, 11) is 1.74. The van der Waals surface area contributed by atoms with Crippen LogP contribution in [0.1, 0.15) is 39.0 Å². The monoisotopic (exact) mass is 329 g/mol. The molecule has 1 rings (SSSR count). The number of hydrogen-bond donors (Lipinski definition) is 3. The lowest BCUT2D eigenvalue weighted by atomic mass is 9.82. The van der Waals surface area contributed by atoms with Crippen molar-refractivity contribution in [3.8, 4) is 0 Å². The van der Waals surface area contributed by atoms with Gasteiger partial charge in [-0.1, -0.05) is 42.9 Å². The van der Waals surface area contributed by atoms with Crippen molar-refractivity contribution in [2.75, 3.05) is 12.8 Å². The zero-order chi connectivity index (χ0) is 15.7. The lowest BCUT2D eigenvalue weighted by Crippen LogP contribution is -2.21. The molecule has 1 aliphatic carbocycles. The van der Waals surface area contributed by atoms with Crippen LogP contribution in [-0.2, 0) is 0 Å². The van der Waals surface area contributed by atoms with E-state index in [0.29, 0.717) is 22.2 Å². The number of rotatable bonds is 5. The first-order chi connectivity index (χ1) is 10.1. The molecule has 0 aromatic heterocycles. The molecule has 2 atom stereocenters. The van der Waals surface area contributed by atoms with Crippen LogP contribution in [0.25, 0.3) is 0 Å². The average Bonchev–Trinajstić information content (AvgIpc) is 2.52. The molecule has 0 saturated heterocycles. The fourth-order valence-corrected chi connectivity index (χ4v) is 4.35. The molecule has 1 fully saturated rings. The minimum absolute atomic E-state index is 0.471. The molecule has 0 aromatic carbocycles. The van der Waals surface area contributed by atoms with Gasteiger partial charge in [0.05, 0.1) is 0 Å². The van der Waals surface area contributed by atoms with Gasteiger partial charge in [-0.25, -0.2) is 0 Å². The number of nitrogens with zero attached hydrogens (tertiary/aromatic N) is 2. The Labute approximate surface area is 136 Å². The molecule has 7 heteroatoms. The zero-order valence-electron chi connectivity index (χ0n) is 12.9. The molecular weight excluding hydrogens is 302 g/mol. The van der Waals surface area contributed by atoms with Crippen LogP contribution in [0.5, 0.6) is 0 Å². The van der Waals surface area contributed by atoms with Crippen molar-refractivity contribution >= 4 is 33.9 Å². The lowest BCUT2D eigenvalue weighted by molar-refractivity contribution is 0.326. The molecule has 6 N–H and O–H groups in total. The van der Waals surface area contributed by atoms with Gasteiger partial charge >= 0.3 is 0 Å². The largest absolute Gasteiger partial charge is 0.378 e. The van der Waals surface area contributed by atoms with E-state index in [1.54, 1.807) is 30.6 Å². The molecule has 0 bridgehead atoms. The molecule has 2 unspecified atom stereocenters. The van der Waals surface area contributed by atoms with Gasteiger partial charge in [-0.05, 0) is 42.4 Å². The maximum absolute atomic E-state index is 5.88. The highest BCUT2D eigenvalue weighted by atomic mass is 32.2. The Morgan fingerprint density at radius 3 is 2.67 bits per heavy atom. The SMILES string of the molecule is CCC=C(SC(N)=NC)C1CCCC(CSC(N)=NN)C1. The Hall–Kier alpha value is -0.820. The maximum Gasteiger partial charge on any atom is 0.177 e. The van der Waals surface area contributed by atoms with Crippen molar-refractivity contribution in [3.05, 3.63) is 11.0 Å². The highest BCUT2D eigenvalue weighted by Gasteiger charge is 2.25. The second kappa shape index (κ2) is 10.00. The van der Waals surface area contributed by atoms with Crippen molar-refractivity contribution in [1.82, 2.24) is 0 Å². The Bertz CT molecular complexity index is 406. The van der Waals surface area contributed by atoms with E-state index in [4.69, 9.17) is 17.3 Å². The maximum atomic E-state index is 5.88. The fraction of sp³-hybridized carbons (Fsp3) is 0.714. The third kappa shape index (κ3) is 6.65. The third-order valence-corrected chi connectivity index (χ3v) is 5.79. The van der Waals surface area contributed by atoms with E-state index in [1.165, 1.54) is 30.6 Å². The summed E-state index contributed by atoms with van der Waals surface area (Å²) in [6, 6.07) is 0. The van der Waals surface area contributed by atoms with Gasteiger partial charge in [0.2, 0.25) is 0 Å². The zero-order valence-corrected chi connectivity index (χ0v) is 14.6. The second-order valence-corrected chi connectivity index (χ2v) is 7.32. The molecule has 1 aliphatic rings. The van der Waals surface area contributed by atoms with E-state index in [9.17, 15) is 0 Å². The molecule has 0 heterocycles. The predicted molar refractivity (Wildman–Crippen MR) is 97.2 cm³/mol. The molecule has 0 amide bonds. The first kappa shape index (κ1) is 18.2. The standard InChI is InChI=1S/C14H27N5S2/c1-3-5-12(21-13(15)18-2)11-7-4-6-10(8-11)9-20-14(16)19-17/h5,10-11H,3-4,6-9,17H2,1-2H3,(H2,15,18)(H2,16,19). The Morgan fingerprint density at radius 2 is 2.05 bits per heavy atom. The van der Waals surface area contributed by atoms with Crippen LogP contribution in [0.2, 0.25) is 0 Å². The molecule has 120 valence electrons. The summed E-state index contributed by atoms with van der Waals surface area (Å²) in [4.78, 5) is 5.43. The first-order valence-electron chi connectivity index (χ1n) is 7.36. The van der Waals surface area contributed by atoms with Crippen molar-refractivity contribution in [1.29, 1.82) is 0 Å². The lowest BCUT2D eigenvalue weighted by Gasteiger charge is -2.30.